The number of para-hydroxylation sites is 1. The van der Waals surface area contributed by atoms with Crippen LogP contribution in [-0.2, 0) is 10.1 Å². The van der Waals surface area contributed by atoms with Gasteiger partial charge >= 0.3 is 0 Å². The van der Waals surface area contributed by atoms with Crippen LogP contribution in [0.3, 0.4) is 0 Å². The molecule has 30 heavy (non-hydrogen) atoms. The molecular formula is C22H23N3O4S. The number of anilines is 2. The molecule has 0 amide bonds. The molecule has 0 saturated carbocycles. The maximum Gasteiger partial charge on any atom is 0.298 e. The number of nitrogens with zero attached hydrogens (tertiary/aromatic N) is 1. The molecule has 0 aromatic heterocycles. The largest absolute Gasteiger partial charge is 0.456 e. The molecular weight excluding hydrogens is 402 g/mol. The highest BCUT2D eigenvalue weighted by Gasteiger charge is 2.17. The van der Waals surface area contributed by atoms with Crippen LogP contribution in [0.2, 0.25) is 0 Å². The summed E-state index contributed by atoms with van der Waals surface area (Å²) in [7, 11) is -4.38. The molecule has 0 radical (unpaired) electrons. The first-order chi connectivity index (χ1) is 14.3. The van der Waals surface area contributed by atoms with Crippen LogP contribution in [-0.4, -0.2) is 19.5 Å². The Morgan fingerprint density at radius 3 is 2.43 bits per heavy atom. The summed E-state index contributed by atoms with van der Waals surface area (Å²) in [4.78, 5) is -0.355. The number of nitriles is 1. The van der Waals surface area contributed by atoms with Gasteiger partial charge in [0, 0.05) is 17.9 Å². The summed E-state index contributed by atoms with van der Waals surface area (Å²) in [5.74, 6) is 0.491. The lowest BCUT2D eigenvalue weighted by atomic mass is 10.2. The number of nitrogens with one attached hydrogen (secondary N) is 1. The molecule has 156 valence electrons. The minimum Gasteiger partial charge on any atom is -0.456 e. The summed E-state index contributed by atoms with van der Waals surface area (Å²) < 4.78 is 36.9. The number of hydrogen-bond donors (Lipinski definition) is 3. The van der Waals surface area contributed by atoms with Crippen molar-refractivity contribution in [1.29, 1.82) is 5.26 Å². The topological polar surface area (TPSA) is 125 Å². The van der Waals surface area contributed by atoms with Crippen molar-refractivity contribution in [2.75, 3.05) is 17.6 Å². The van der Waals surface area contributed by atoms with Crippen molar-refractivity contribution in [1.82, 2.24) is 0 Å². The number of aryl methyl sites for hydroxylation is 1. The predicted octanol–water partition coefficient (Wildman–Crippen LogP) is 4.63. The van der Waals surface area contributed by atoms with Crippen LogP contribution >= 0.6 is 0 Å². The smallest absolute Gasteiger partial charge is 0.298 e. The van der Waals surface area contributed by atoms with Gasteiger partial charge in [-0.2, -0.15) is 13.7 Å². The second-order valence-electron chi connectivity index (χ2n) is 6.30. The van der Waals surface area contributed by atoms with Gasteiger partial charge in [0.15, 0.2) is 0 Å². The van der Waals surface area contributed by atoms with Gasteiger partial charge in [0.25, 0.3) is 10.1 Å². The Balaban J connectivity index is 0.000000232. The van der Waals surface area contributed by atoms with Crippen LogP contribution in [0.5, 0.6) is 11.5 Å². The summed E-state index contributed by atoms with van der Waals surface area (Å²) in [6.45, 7) is 2.77. The van der Waals surface area contributed by atoms with E-state index in [9.17, 15) is 8.42 Å². The highest BCUT2D eigenvalue weighted by atomic mass is 32.2. The average Bonchev–Trinajstić information content (AvgIpc) is 2.70. The first-order valence-corrected chi connectivity index (χ1v) is 10.5. The van der Waals surface area contributed by atoms with Gasteiger partial charge in [0.2, 0.25) is 0 Å². The zero-order valence-corrected chi connectivity index (χ0v) is 17.3. The Labute approximate surface area is 176 Å². The summed E-state index contributed by atoms with van der Waals surface area (Å²) in [5.41, 5.74) is 8.03. The van der Waals surface area contributed by atoms with Crippen LogP contribution in [0.25, 0.3) is 0 Å². The Hall–Kier alpha value is -3.54. The minimum absolute atomic E-state index is 0.0258. The molecule has 0 heterocycles. The number of nitrogens with two attached hydrogens (primary N) is 1. The van der Waals surface area contributed by atoms with E-state index in [1.807, 2.05) is 12.1 Å². The zero-order valence-electron chi connectivity index (χ0n) is 16.4. The standard InChI is InChI=1S/C12H11NO4S.C10H12N2/c13-9-6-7-11(12(8-9)18(14,15)16)17-10-4-2-1-3-5-10;1-9-4-2-5-10(8-9)12-7-3-6-11/h1-8H,13H2,(H,14,15,16);2,4-5,8,12H,3,7H2,1H3. The number of rotatable bonds is 6. The molecule has 0 aliphatic rings. The highest BCUT2D eigenvalue weighted by Crippen LogP contribution is 2.30. The third kappa shape index (κ3) is 7.47. The third-order valence-corrected chi connectivity index (χ3v) is 4.68. The van der Waals surface area contributed by atoms with Gasteiger partial charge in [-0.15, -0.1) is 0 Å². The van der Waals surface area contributed by atoms with Gasteiger partial charge in [-0.1, -0.05) is 30.3 Å². The highest BCUT2D eigenvalue weighted by molar-refractivity contribution is 7.86. The van der Waals surface area contributed by atoms with E-state index < -0.39 is 10.1 Å². The van der Waals surface area contributed by atoms with Gasteiger partial charge in [0.05, 0.1) is 12.5 Å². The lowest BCUT2D eigenvalue weighted by molar-refractivity contribution is 0.450. The molecule has 4 N–H and O–H groups in total. The molecule has 0 aliphatic heterocycles. The number of nitrogen functional groups attached to an aromatic ring is 1. The molecule has 0 saturated heterocycles. The van der Waals surface area contributed by atoms with Crippen LogP contribution < -0.4 is 15.8 Å². The lowest BCUT2D eigenvalue weighted by Crippen LogP contribution is -2.02. The van der Waals surface area contributed by atoms with Gasteiger partial charge < -0.3 is 15.8 Å². The zero-order chi connectivity index (χ0) is 22.0. The third-order valence-electron chi connectivity index (χ3n) is 3.80. The fourth-order valence-electron chi connectivity index (χ4n) is 2.44. The molecule has 0 unspecified atom stereocenters. The van der Waals surface area contributed by atoms with Crippen molar-refractivity contribution in [3.63, 3.8) is 0 Å². The van der Waals surface area contributed by atoms with Crippen LogP contribution in [0, 0.1) is 18.3 Å². The van der Waals surface area contributed by atoms with Crippen LogP contribution in [0.4, 0.5) is 11.4 Å². The molecule has 0 spiro atoms. The van der Waals surface area contributed by atoms with Gasteiger partial charge in [0.1, 0.15) is 16.4 Å². The molecule has 0 aliphatic carbocycles. The predicted molar refractivity (Wildman–Crippen MR) is 117 cm³/mol. The van der Waals surface area contributed by atoms with Crippen molar-refractivity contribution in [2.45, 2.75) is 18.2 Å². The molecule has 3 rings (SSSR count). The second-order valence-corrected chi connectivity index (χ2v) is 7.69. The second kappa shape index (κ2) is 10.9. The van der Waals surface area contributed by atoms with Crippen molar-refractivity contribution in [3.05, 3.63) is 78.4 Å². The van der Waals surface area contributed by atoms with Gasteiger partial charge in [-0.05, 0) is 55.0 Å². The fourth-order valence-corrected chi connectivity index (χ4v) is 3.09. The maximum absolute atomic E-state index is 11.2. The summed E-state index contributed by atoms with van der Waals surface area (Å²) in [5, 5.41) is 11.5. The van der Waals surface area contributed by atoms with Crippen molar-refractivity contribution < 1.29 is 17.7 Å². The molecule has 0 bridgehead atoms. The molecule has 0 fully saturated rings. The Bertz CT molecular complexity index is 1110. The van der Waals surface area contributed by atoms with E-state index >= 15 is 0 Å². The van der Waals surface area contributed by atoms with Crippen LogP contribution in [0.15, 0.2) is 77.7 Å². The fraction of sp³-hybridized carbons (Fsp3) is 0.136. The average molecular weight is 426 g/mol. The quantitative estimate of drug-likeness (QED) is 0.299. The molecule has 7 nitrogen and oxygen atoms in total. The molecule has 0 atom stereocenters. The Morgan fingerprint density at radius 1 is 1.07 bits per heavy atom. The minimum atomic E-state index is -4.38. The van der Waals surface area contributed by atoms with E-state index in [0.717, 1.165) is 18.3 Å². The number of benzene rings is 3. The molecule has 8 heteroatoms. The van der Waals surface area contributed by atoms with Gasteiger partial charge in [-0.25, -0.2) is 0 Å². The first kappa shape index (κ1) is 22.7. The normalized spacial score (nSPS) is 10.3. The molecule has 3 aromatic carbocycles. The van der Waals surface area contributed by atoms with Crippen LogP contribution in [0.1, 0.15) is 12.0 Å². The van der Waals surface area contributed by atoms with Gasteiger partial charge in [-0.3, -0.25) is 4.55 Å². The van der Waals surface area contributed by atoms with Crippen molar-refractivity contribution in [2.24, 2.45) is 0 Å². The lowest BCUT2D eigenvalue weighted by Gasteiger charge is -2.09. The SMILES string of the molecule is Cc1cccc(NCCC#N)c1.Nc1ccc(Oc2ccccc2)c(S(=O)(=O)O)c1. The summed E-state index contributed by atoms with van der Waals surface area (Å²) >= 11 is 0. The summed E-state index contributed by atoms with van der Waals surface area (Å²) in [6, 6.07) is 22.9. The summed E-state index contributed by atoms with van der Waals surface area (Å²) in [6.07, 6.45) is 0.550. The van der Waals surface area contributed by atoms with E-state index in [4.69, 9.17) is 20.3 Å². The van der Waals surface area contributed by atoms with E-state index in [-0.39, 0.29) is 16.3 Å². The van der Waals surface area contributed by atoms with E-state index in [0.29, 0.717) is 12.2 Å². The monoisotopic (exact) mass is 425 g/mol. The van der Waals surface area contributed by atoms with E-state index in [1.165, 1.54) is 17.7 Å². The first-order valence-electron chi connectivity index (χ1n) is 9.07. The molecule has 3 aromatic rings. The van der Waals surface area contributed by atoms with E-state index in [1.54, 1.807) is 30.3 Å². The van der Waals surface area contributed by atoms with Crippen molar-refractivity contribution >= 4 is 21.5 Å². The van der Waals surface area contributed by atoms with E-state index in [2.05, 4.69) is 30.4 Å². The Morgan fingerprint density at radius 2 is 1.80 bits per heavy atom. The number of hydrogen-bond acceptors (Lipinski definition) is 6. The number of ether oxygens (including phenoxy) is 1. The van der Waals surface area contributed by atoms with Crippen molar-refractivity contribution in [3.8, 4) is 17.6 Å². The Kier molecular flexibility index (Phi) is 8.23. The maximum atomic E-state index is 11.2.